The van der Waals surface area contributed by atoms with Gasteiger partial charge >= 0.3 is 0 Å². The average molecular weight is 287 g/mol. The second kappa shape index (κ2) is 8.15. The molecule has 0 aliphatic heterocycles. The molecule has 0 saturated heterocycles. The Labute approximate surface area is 125 Å². The van der Waals surface area contributed by atoms with Gasteiger partial charge in [-0.2, -0.15) is 0 Å². The van der Waals surface area contributed by atoms with Crippen molar-refractivity contribution in [1.82, 2.24) is 5.32 Å². The predicted molar refractivity (Wildman–Crippen MR) is 81.1 cm³/mol. The van der Waals surface area contributed by atoms with Gasteiger partial charge in [-0.25, -0.2) is 0 Å². The van der Waals surface area contributed by atoms with Gasteiger partial charge in [0, 0.05) is 6.42 Å². The number of hydrogen-bond donors (Lipinski definition) is 1. The molecule has 0 aliphatic rings. The van der Waals surface area contributed by atoms with Crippen LogP contribution in [-0.2, 0) is 17.8 Å². The van der Waals surface area contributed by atoms with Gasteiger partial charge in [0.05, 0.1) is 19.9 Å². The van der Waals surface area contributed by atoms with Crippen molar-refractivity contribution in [2.24, 2.45) is 0 Å². The van der Waals surface area contributed by atoms with Crippen LogP contribution in [0.15, 0.2) is 47.1 Å². The summed E-state index contributed by atoms with van der Waals surface area (Å²) in [6, 6.07) is 11.7. The third-order valence-corrected chi connectivity index (χ3v) is 3.32. The number of methoxy groups -OCH3 is 1. The van der Waals surface area contributed by atoms with Crippen molar-refractivity contribution in [1.29, 1.82) is 0 Å². The highest BCUT2D eigenvalue weighted by Gasteiger charge is 2.03. The van der Waals surface area contributed by atoms with Crippen LogP contribution >= 0.6 is 0 Å². The molecular formula is C17H21NO3. The van der Waals surface area contributed by atoms with E-state index in [-0.39, 0.29) is 5.91 Å². The molecule has 1 heterocycles. The lowest BCUT2D eigenvalue weighted by atomic mass is 10.1. The van der Waals surface area contributed by atoms with Crippen LogP contribution in [0.4, 0.5) is 0 Å². The van der Waals surface area contributed by atoms with Crippen LogP contribution in [0.3, 0.4) is 0 Å². The van der Waals surface area contributed by atoms with Gasteiger partial charge in [-0.1, -0.05) is 12.1 Å². The second-order valence-corrected chi connectivity index (χ2v) is 4.91. The second-order valence-electron chi connectivity index (χ2n) is 4.91. The fraction of sp³-hybridized carbons (Fsp3) is 0.353. The molecule has 0 saturated carbocycles. The Kier molecular flexibility index (Phi) is 5.88. The summed E-state index contributed by atoms with van der Waals surface area (Å²) in [7, 11) is 1.66. The number of nitrogens with one attached hydrogen (secondary N) is 1. The molecule has 1 amide bonds. The van der Waals surface area contributed by atoms with Gasteiger partial charge in [-0.15, -0.1) is 0 Å². The Bertz CT molecular complexity index is 532. The summed E-state index contributed by atoms with van der Waals surface area (Å²) in [5.41, 5.74) is 1.27. The zero-order valence-corrected chi connectivity index (χ0v) is 12.3. The van der Waals surface area contributed by atoms with Crippen LogP contribution in [0.5, 0.6) is 5.75 Å². The lowest BCUT2D eigenvalue weighted by Crippen LogP contribution is -2.22. The fourth-order valence-electron chi connectivity index (χ4n) is 2.09. The van der Waals surface area contributed by atoms with Crippen molar-refractivity contribution >= 4 is 5.91 Å². The van der Waals surface area contributed by atoms with Gasteiger partial charge in [-0.3, -0.25) is 4.79 Å². The van der Waals surface area contributed by atoms with Gasteiger partial charge in [0.15, 0.2) is 0 Å². The summed E-state index contributed by atoms with van der Waals surface area (Å²) in [5, 5.41) is 2.85. The van der Waals surface area contributed by atoms with Crippen molar-refractivity contribution in [3.05, 3.63) is 54.0 Å². The van der Waals surface area contributed by atoms with Crippen molar-refractivity contribution in [2.45, 2.75) is 32.2 Å². The summed E-state index contributed by atoms with van der Waals surface area (Å²) in [6.45, 7) is 0.463. The highest BCUT2D eigenvalue weighted by Crippen LogP contribution is 2.13. The molecule has 1 aromatic carbocycles. The monoisotopic (exact) mass is 287 g/mol. The van der Waals surface area contributed by atoms with E-state index in [1.165, 1.54) is 5.56 Å². The number of aryl methyl sites for hydroxylation is 1. The zero-order valence-electron chi connectivity index (χ0n) is 12.3. The molecule has 0 atom stereocenters. The first kappa shape index (κ1) is 15.2. The lowest BCUT2D eigenvalue weighted by Gasteiger charge is -2.05. The maximum Gasteiger partial charge on any atom is 0.220 e. The van der Waals surface area contributed by atoms with E-state index in [0.29, 0.717) is 13.0 Å². The predicted octanol–water partition coefficient (Wildman–Crippen LogP) is 3.32. The first-order valence-electron chi connectivity index (χ1n) is 7.20. The number of amides is 1. The van der Waals surface area contributed by atoms with Gasteiger partial charge in [0.25, 0.3) is 0 Å². The van der Waals surface area contributed by atoms with Gasteiger partial charge in [0.1, 0.15) is 11.5 Å². The molecule has 1 N–H and O–H groups in total. The fourth-order valence-corrected chi connectivity index (χ4v) is 2.09. The third kappa shape index (κ3) is 5.34. The minimum atomic E-state index is 0.0705. The van der Waals surface area contributed by atoms with Crippen LogP contribution in [0.1, 0.15) is 30.6 Å². The number of benzene rings is 1. The average Bonchev–Trinajstić information content (AvgIpc) is 3.03. The molecule has 112 valence electrons. The van der Waals surface area contributed by atoms with Gasteiger partial charge < -0.3 is 14.5 Å². The number of hydrogen-bond acceptors (Lipinski definition) is 3. The SMILES string of the molecule is COc1ccc(CCCCC(=O)NCc2ccco2)cc1. The molecule has 2 aromatic rings. The standard InChI is InChI=1S/C17H21NO3/c1-20-15-10-8-14(9-11-15)5-2-3-7-17(19)18-13-16-6-4-12-21-16/h4,6,8-12H,2-3,5,7,13H2,1H3,(H,18,19). The molecule has 21 heavy (non-hydrogen) atoms. The Morgan fingerprint density at radius 1 is 1.19 bits per heavy atom. The highest BCUT2D eigenvalue weighted by molar-refractivity contribution is 5.75. The molecule has 4 nitrogen and oxygen atoms in total. The summed E-state index contributed by atoms with van der Waals surface area (Å²) in [4.78, 5) is 11.7. The van der Waals surface area contributed by atoms with E-state index in [4.69, 9.17) is 9.15 Å². The lowest BCUT2D eigenvalue weighted by molar-refractivity contribution is -0.121. The van der Waals surface area contributed by atoms with Crippen LogP contribution in [0.25, 0.3) is 0 Å². The Balaban J connectivity index is 1.59. The molecule has 1 aromatic heterocycles. The topological polar surface area (TPSA) is 51.5 Å². The van der Waals surface area contributed by atoms with E-state index in [0.717, 1.165) is 30.8 Å². The number of ether oxygens (including phenoxy) is 1. The van der Waals surface area contributed by atoms with E-state index < -0.39 is 0 Å². The minimum Gasteiger partial charge on any atom is -0.497 e. The Hall–Kier alpha value is -2.23. The largest absolute Gasteiger partial charge is 0.497 e. The third-order valence-electron chi connectivity index (χ3n) is 3.32. The number of furan rings is 1. The highest BCUT2D eigenvalue weighted by atomic mass is 16.5. The number of unbranched alkanes of at least 4 members (excludes halogenated alkanes) is 1. The molecule has 0 spiro atoms. The van der Waals surface area contributed by atoms with E-state index in [2.05, 4.69) is 17.4 Å². The van der Waals surface area contributed by atoms with Crippen LogP contribution in [0.2, 0.25) is 0 Å². The van der Waals surface area contributed by atoms with Crippen molar-refractivity contribution < 1.29 is 13.9 Å². The van der Waals surface area contributed by atoms with E-state index in [9.17, 15) is 4.79 Å². The molecular weight excluding hydrogens is 266 g/mol. The summed E-state index contributed by atoms with van der Waals surface area (Å²) in [6.07, 6.45) is 5.03. The van der Waals surface area contributed by atoms with Crippen molar-refractivity contribution in [2.75, 3.05) is 7.11 Å². The molecule has 0 radical (unpaired) electrons. The van der Waals surface area contributed by atoms with E-state index >= 15 is 0 Å². The number of rotatable bonds is 8. The summed E-state index contributed by atoms with van der Waals surface area (Å²) in [5.74, 6) is 1.72. The molecule has 4 heteroatoms. The minimum absolute atomic E-state index is 0.0705. The van der Waals surface area contributed by atoms with Crippen LogP contribution < -0.4 is 10.1 Å². The quantitative estimate of drug-likeness (QED) is 0.758. The Morgan fingerprint density at radius 3 is 2.67 bits per heavy atom. The van der Waals surface area contributed by atoms with E-state index in [1.54, 1.807) is 13.4 Å². The molecule has 0 aliphatic carbocycles. The van der Waals surface area contributed by atoms with Crippen LogP contribution in [0, 0.1) is 0 Å². The molecule has 0 unspecified atom stereocenters. The van der Waals surface area contributed by atoms with Crippen molar-refractivity contribution in [3.8, 4) is 5.75 Å². The maximum absolute atomic E-state index is 11.7. The summed E-state index contributed by atoms with van der Waals surface area (Å²) < 4.78 is 10.3. The van der Waals surface area contributed by atoms with Gasteiger partial charge in [0.2, 0.25) is 5.91 Å². The van der Waals surface area contributed by atoms with Gasteiger partial charge in [-0.05, 0) is 49.1 Å². The first-order valence-corrected chi connectivity index (χ1v) is 7.20. The zero-order chi connectivity index (χ0) is 14.9. The summed E-state index contributed by atoms with van der Waals surface area (Å²) >= 11 is 0. The molecule has 0 fully saturated rings. The normalized spacial score (nSPS) is 10.3. The molecule has 2 rings (SSSR count). The van der Waals surface area contributed by atoms with E-state index in [1.807, 2.05) is 24.3 Å². The molecule has 0 bridgehead atoms. The Morgan fingerprint density at radius 2 is 2.00 bits per heavy atom. The van der Waals surface area contributed by atoms with Crippen LogP contribution in [-0.4, -0.2) is 13.0 Å². The number of carbonyl (C=O) groups is 1. The smallest absolute Gasteiger partial charge is 0.220 e. The first-order chi connectivity index (χ1) is 10.3. The number of carbonyl (C=O) groups excluding carboxylic acids is 1. The maximum atomic E-state index is 11.7. The van der Waals surface area contributed by atoms with Crippen molar-refractivity contribution in [3.63, 3.8) is 0 Å².